The van der Waals surface area contributed by atoms with Crippen LogP contribution in [0, 0.1) is 13.8 Å². The highest BCUT2D eigenvalue weighted by Gasteiger charge is 2.33. The highest BCUT2D eigenvalue weighted by atomic mass is 79.9. The molecule has 1 fully saturated rings. The zero-order valence-corrected chi connectivity index (χ0v) is 20.7. The second-order valence-corrected chi connectivity index (χ2v) is 12.1. The SMILES string of the molecule is Cc1cc(C)cc(-c2csc(N3CCC(S(=O)(=O)c4ccc(Br)cc4Cl)CC3)n2)c1. The van der Waals surface area contributed by atoms with E-state index in [2.05, 4.69) is 58.3 Å². The summed E-state index contributed by atoms with van der Waals surface area (Å²) in [6, 6.07) is 11.4. The number of hydrogen-bond donors (Lipinski definition) is 0. The Morgan fingerprint density at radius 3 is 2.40 bits per heavy atom. The molecule has 0 unspecified atom stereocenters. The van der Waals surface area contributed by atoms with Gasteiger partial charge in [0.05, 0.1) is 20.9 Å². The van der Waals surface area contributed by atoms with Gasteiger partial charge in [-0.1, -0.05) is 44.7 Å². The Bertz CT molecular complexity index is 1170. The van der Waals surface area contributed by atoms with Gasteiger partial charge in [0.15, 0.2) is 15.0 Å². The van der Waals surface area contributed by atoms with Gasteiger partial charge in [0.2, 0.25) is 0 Å². The van der Waals surface area contributed by atoms with Crippen LogP contribution in [0.5, 0.6) is 0 Å². The first-order valence-corrected chi connectivity index (χ1v) is 13.3. The van der Waals surface area contributed by atoms with E-state index in [4.69, 9.17) is 16.6 Å². The topological polar surface area (TPSA) is 50.3 Å². The van der Waals surface area contributed by atoms with Gasteiger partial charge in [0.1, 0.15) is 0 Å². The van der Waals surface area contributed by atoms with Crippen LogP contribution in [0.1, 0.15) is 24.0 Å². The van der Waals surface area contributed by atoms with Crippen LogP contribution in [0.4, 0.5) is 5.13 Å². The Balaban J connectivity index is 1.48. The molecule has 4 rings (SSSR count). The minimum absolute atomic E-state index is 0.220. The number of aromatic nitrogens is 1. The number of anilines is 1. The fourth-order valence-electron chi connectivity index (χ4n) is 3.91. The Kier molecular flexibility index (Phi) is 6.26. The molecule has 1 aliphatic heterocycles. The molecule has 0 bridgehead atoms. The van der Waals surface area contributed by atoms with E-state index in [1.165, 1.54) is 11.1 Å². The molecular weight excluding hydrogens is 504 g/mol. The van der Waals surface area contributed by atoms with Gasteiger partial charge in [-0.15, -0.1) is 11.3 Å². The summed E-state index contributed by atoms with van der Waals surface area (Å²) < 4.78 is 26.9. The number of sulfone groups is 1. The maximum atomic E-state index is 13.1. The maximum absolute atomic E-state index is 13.1. The van der Waals surface area contributed by atoms with Crippen LogP contribution in [0.15, 0.2) is 51.1 Å². The van der Waals surface area contributed by atoms with E-state index >= 15 is 0 Å². The van der Waals surface area contributed by atoms with Crippen LogP contribution in [0.25, 0.3) is 11.3 Å². The number of benzene rings is 2. The number of halogens is 2. The van der Waals surface area contributed by atoms with Crippen LogP contribution in [0.3, 0.4) is 0 Å². The van der Waals surface area contributed by atoms with E-state index in [0.717, 1.165) is 20.9 Å². The average molecular weight is 526 g/mol. The van der Waals surface area contributed by atoms with Gasteiger partial charge in [-0.2, -0.15) is 0 Å². The minimum atomic E-state index is -3.46. The van der Waals surface area contributed by atoms with Crippen LogP contribution in [0.2, 0.25) is 5.02 Å². The van der Waals surface area contributed by atoms with E-state index in [1.807, 2.05) is 0 Å². The lowest BCUT2D eigenvalue weighted by Gasteiger charge is -2.31. The fourth-order valence-corrected chi connectivity index (χ4v) is 7.57. The summed E-state index contributed by atoms with van der Waals surface area (Å²) in [5.74, 6) is 0. The Morgan fingerprint density at radius 1 is 1.10 bits per heavy atom. The quantitative estimate of drug-likeness (QED) is 0.402. The van der Waals surface area contributed by atoms with E-state index in [1.54, 1.807) is 29.5 Å². The van der Waals surface area contributed by atoms with Gasteiger partial charge in [0.25, 0.3) is 0 Å². The summed E-state index contributed by atoms with van der Waals surface area (Å²) in [6.07, 6.45) is 1.13. The van der Waals surface area contributed by atoms with Gasteiger partial charge >= 0.3 is 0 Å². The zero-order valence-electron chi connectivity index (χ0n) is 16.7. The molecule has 1 saturated heterocycles. The van der Waals surface area contributed by atoms with E-state index in [-0.39, 0.29) is 9.92 Å². The van der Waals surface area contributed by atoms with E-state index in [9.17, 15) is 8.42 Å². The molecule has 0 spiro atoms. The third-order valence-electron chi connectivity index (χ3n) is 5.36. The monoisotopic (exact) mass is 524 g/mol. The first-order valence-electron chi connectivity index (χ1n) is 9.72. The maximum Gasteiger partial charge on any atom is 0.185 e. The Labute approximate surface area is 195 Å². The van der Waals surface area contributed by atoms with Crippen molar-refractivity contribution in [3.63, 3.8) is 0 Å². The number of rotatable bonds is 4. The number of thiazole rings is 1. The van der Waals surface area contributed by atoms with Crippen molar-refractivity contribution in [1.82, 2.24) is 4.98 Å². The second-order valence-electron chi connectivity index (χ2n) is 7.70. The van der Waals surface area contributed by atoms with Crippen molar-refractivity contribution in [2.45, 2.75) is 36.8 Å². The average Bonchev–Trinajstić information content (AvgIpc) is 3.17. The predicted molar refractivity (Wildman–Crippen MR) is 129 cm³/mol. The Hall–Kier alpha value is -1.41. The Morgan fingerprint density at radius 2 is 1.77 bits per heavy atom. The highest BCUT2D eigenvalue weighted by molar-refractivity contribution is 9.10. The summed E-state index contributed by atoms with van der Waals surface area (Å²) in [4.78, 5) is 7.23. The van der Waals surface area contributed by atoms with E-state index in [0.29, 0.717) is 25.9 Å². The van der Waals surface area contributed by atoms with Crippen molar-refractivity contribution < 1.29 is 8.42 Å². The minimum Gasteiger partial charge on any atom is -0.348 e. The molecule has 0 radical (unpaired) electrons. The number of aryl methyl sites for hydroxylation is 2. The molecule has 2 heterocycles. The van der Waals surface area contributed by atoms with Crippen LogP contribution < -0.4 is 4.90 Å². The summed E-state index contributed by atoms with van der Waals surface area (Å²) >= 11 is 11.2. The van der Waals surface area contributed by atoms with Gasteiger partial charge < -0.3 is 4.90 Å². The summed E-state index contributed by atoms with van der Waals surface area (Å²) in [5, 5.41) is 2.87. The molecule has 158 valence electrons. The van der Waals surface area contributed by atoms with Gasteiger partial charge in [0, 0.05) is 28.5 Å². The zero-order chi connectivity index (χ0) is 21.5. The molecule has 0 saturated carbocycles. The molecule has 0 N–H and O–H groups in total. The van der Waals surface area contributed by atoms with Gasteiger partial charge in [-0.05, 0) is 57.0 Å². The molecule has 4 nitrogen and oxygen atoms in total. The largest absolute Gasteiger partial charge is 0.348 e. The predicted octanol–water partition coefficient (Wildman–Crippen LogP) is 6.29. The summed E-state index contributed by atoms with van der Waals surface area (Å²) in [6.45, 7) is 5.51. The van der Waals surface area contributed by atoms with Crippen molar-refractivity contribution in [1.29, 1.82) is 0 Å². The van der Waals surface area contributed by atoms with Crippen molar-refractivity contribution >= 4 is 53.8 Å². The van der Waals surface area contributed by atoms with E-state index < -0.39 is 15.1 Å². The third kappa shape index (κ3) is 4.44. The normalized spacial score (nSPS) is 15.5. The van der Waals surface area contributed by atoms with Gasteiger partial charge in [-0.3, -0.25) is 0 Å². The smallest absolute Gasteiger partial charge is 0.185 e. The van der Waals surface area contributed by atoms with Crippen molar-refractivity contribution in [3.8, 4) is 11.3 Å². The summed E-state index contributed by atoms with van der Waals surface area (Å²) in [5.41, 5.74) is 4.53. The molecular formula is C22H22BrClN2O2S2. The lowest BCUT2D eigenvalue weighted by atomic mass is 10.1. The molecule has 8 heteroatoms. The summed E-state index contributed by atoms with van der Waals surface area (Å²) in [7, 11) is -3.46. The molecule has 2 aromatic carbocycles. The standard InChI is InChI=1S/C22H22BrClN2O2S2/c1-14-9-15(2)11-16(10-14)20-13-29-22(25-20)26-7-5-18(6-8-26)30(27,28)21-4-3-17(23)12-19(21)24/h3-4,9-13,18H,5-8H2,1-2H3. The second kappa shape index (κ2) is 8.61. The molecule has 30 heavy (non-hydrogen) atoms. The van der Waals surface area contributed by atoms with Crippen molar-refractivity contribution in [3.05, 3.63) is 62.4 Å². The lowest BCUT2D eigenvalue weighted by Crippen LogP contribution is -2.39. The first kappa shape index (κ1) is 21.8. The lowest BCUT2D eigenvalue weighted by molar-refractivity contribution is 0.529. The van der Waals surface area contributed by atoms with Gasteiger partial charge in [-0.25, -0.2) is 13.4 Å². The third-order valence-corrected chi connectivity index (χ3v) is 9.50. The molecule has 3 aromatic rings. The first-order chi connectivity index (χ1) is 14.2. The molecule has 1 aliphatic rings. The van der Waals surface area contributed by atoms with Crippen LogP contribution in [-0.4, -0.2) is 31.7 Å². The number of piperidine rings is 1. The highest BCUT2D eigenvalue weighted by Crippen LogP contribution is 2.34. The number of nitrogens with zero attached hydrogens (tertiary/aromatic N) is 2. The molecule has 0 atom stereocenters. The van der Waals surface area contributed by atoms with Crippen LogP contribution >= 0.6 is 38.9 Å². The molecule has 1 aromatic heterocycles. The van der Waals surface area contributed by atoms with Crippen molar-refractivity contribution in [2.75, 3.05) is 18.0 Å². The fraction of sp³-hybridized carbons (Fsp3) is 0.318. The van der Waals surface area contributed by atoms with Crippen molar-refractivity contribution in [2.24, 2.45) is 0 Å². The molecule has 0 amide bonds. The number of hydrogen-bond acceptors (Lipinski definition) is 5. The van der Waals surface area contributed by atoms with Crippen LogP contribution in [-0.2, 0) is 9.84 Å². The molecule has 0 aliphatic carbocycles.